The molecule has 1 aliphatic rings. The van der Waals surface area contributed by atoms with Crippen LogP contribution in [-0.4, -0.2) is 18.0 Å². The first-order valence-corrected chi connectivity index (χ1v) is 8.74. The highest BCUT2D eigenvalue weighted by Gasteiger charge is 2.19. The average molecular weight is 338 g/mol. The molecular formula is C21H22O4. The van der Waals surface area contributed by atoms with Crippen LogP contribution in [0.4, 0.5) is 0 Å². The lowest BCUT2D eigenvalue weighted by molar-refractivity contribution is 0.0210. The zero-order valence-electron chi connectivity index (χ0n) is 14.1. The van der Waals surface area contributed by atoms with E-state index in [4.69, 9.17) is 9.47 Å². The Hall–Kier alpha value is -2.62. The molecule has 25 heavy (non-hydrogen) atoms. The van der Waals surface area contributed by atoms with Crippen molar-refractivity contribution in [2.45, 2.75) is 44.8 Å². The molecule has 1 aliphatic carbocycles. The van der Waals surface area contributed by atoms with E-state index in [0.29, 0.717) is 11.1 Å². The molecule has 0 unspecified atom stereocenters. The van der Waals surface area contributed by atoms with Gasteiger partial charge in [0.25, 0.3) is 0 Å². The SMILES string of the molecule is O=C(OCc1ccccc1)c1ccc(C(=O)OC2CCCCC2)cc1. The summed E-state index contributed by atoms with van der Waals surface area (Å²) in [5.74, 6) is -0.729. The topological polar surface area (TPSA) is 52.6 Å². The zero-order chi connectivity index (χ0) is 17.5. The van der Waals surface area contributed by atoms with Crippen molar-refractivity contribution >= 4 is 11.9 Å². The van der Waals surface area contributed by atoms with Gasteiger partial charge in [-0.2, -0.15) is 0 Å². The highest BCUT2D eigenvalue weighted by Crippen LogP contribution is 2.21. The number of benzene rings is 2. The molecule has 0 N–H and O–H groups in total. The summed E-state index contributed by atoms with van der Waals surface area (Å²) in [4.78, 5) is 24.2. The molecule has 2 aromatic rings. The molecule has 0 radical (unpaired) electrons. The molecule has 0 aliphatic heterocycles. The van der Waals surface area contributed by atoms with Gasteiger partial charge in [-0.3, -0.25) is 0 Å². The predicted octanol–water partition coefficient (Wildman–Crippen LogP) is 4.53. The van der Waals surface area contributed by atoms with Gasteiger partial charge in [-0.1, -0.05) is 36.8 Å². The Bertz CT molecular complexity index is 700. The van der Waals surface area contributed by atoms with Gasteiger partial charge in [0.1, 0.15) is 12.7 Å². The molecule has 0 saturated heterocycles. The first-order valence-electron chi connectivity index (χ1n) is 8.74. The molecule has 0 bridgehead atoms. The molecule has 0 atom stereocenters. The molecular weight excluding hydrogens is 316 g/mol. The number of carbonyl (C=O) groups is 2. The van der Waals surface area contributed by atoms with Crippen molar-refractivity contribution in [2.75, 3.05) is 0 Å². The molecule has 130 valence electrons. The quantitative estimate of drug-likeness (QED) is 0.752. The van der Waals surface area contributed by atoms with Gasteiger partial charge < -0.3 is 9.47 Å². The number of hydrogen-bond acceptors (Lipinski definition) is 4. The summed E-state index contributed by atoms with van der Waals surface area (Å²) in [5.41, 5.74) is 1.82. The Morgan fingerprint density at radius 2 is 1.40 bits per heavy atom. The van der Waals surface area contributed by atoms with E-state index in [1.807, 2.05) is 30.3 Å². The minimum atomic E-state index is -0.406. The smallest absolute Gasteiger partial charge is 0.338 e. The lowest BCUT2D eigenvalue weighted by atomic mass is 9.98. The lowest BCUT2D eigenvalue weighted by Crippen LogP contribution is -2.21. The Labute approximate surface area is 147 Å². The first-order chi connectivity index (χ1) is 12.2. The molecule has 0 amide bonds. The van der Waals surface area contributed by atoms with Gasteiger partial charge in [-0.15, -0.1) is 0 Å². The molecule has 4 heteroatoms. The minimum Gasteiger partial charge on any atom is -0.459 e. The average Bonchev–Trinajstić information content (AvgIpc) is 2.68. The van der Waals surface area contributed by atoms with Gasteiger partial charge in [0, 0.05) is 0 Å². The Kier molecular flexibility index (Phi) is 5.83. The van der Waals surface area contributed by atoms with Crippen LogP contribution in [0, 0.1) is 0 Å². The van der Waals surface area contributed by atoms with Gasteiger partial charge in [0.15, 0.2) is 0 Å². The normalized spacial score (nSPS) is 14.7. The zero-order valence-corrected chi connectivity index (χ0v) is 14.1. The third kappa shape index (κ3) is 4.92. The second-order valence-corrected chi connectivity index (χ2v) is 6.30. The van der Waals surface area contributed by atoms with Crippen LogP contribution in [-0.2, 0) is 16.1 Å². The predicted molar refractivity (Wildman–Crippen MR) is 94.3 cm³/mol. The van der Waals surface area contributed by atoms with E-state index in [0.717, 1.165) is 31.2 Å². The van der Waals surface area contributed by atoms with Crippen LogP contribution >= 0.6 is 0 Å². The number of esters is 2. The second-order valence-electron chi connectivity index (χ2n) is 6.30. The van der Waals surface area contributed by atoms with Crippen molar-refractivity contribution in [3.8, 4) is 0 Å². The molecule has 3 rings (SSSR count). The van der Waals surface area contributed by atoms with Crippen LogP contribution in [0.3, 0.4) is 0 Å². The van der Waals surface area contributed by atoms with E-state index in [1.165, 1.54) is 6.42 Å². The summed E-state index contributed by atoms with van der Waals surface area (Å²) >= 11 is 0. The molecule has 0 spiro atoms. The van der Waals surface area contributed by atoms with Gasteiger partial charge in [0.2, 0.25) is 0 Å². The van der Waals surface area contributed by atoms with Crippen molar-refractivity contribution in [2.24, 2.45) is 0 Å². The van der Waals surface area contributed by atoms with Crippen LogP contribution in [0.25, 0.3) is 0 Å². The summed E-state index contributed by atoms with van der Waals surface area (Å²) in [5, 5.41) is 0. The van der Waals surface area contributed by atoms with Crippen LogP contribution in [0.15, 0.2) is 54.6 Å². The van der Waals surface area contributed by atoms with E-state index in [-0.39, 0.29) is 18.7 Å². The maximum absolute atomic E-state index is 12.2. The van der Waals surface area contributed by atoms with Crippen molar-refractivity contribution in [1.29, 1.82) is 0 Å². The maximum Gasteiger partial charge on any atom is 0.338 e. The second kappa shape index (κ2) is 8.47. The van der Waals surface area contributed by atoms with Gasteiger partial charge in [-0.25, -0.2) is 9.59 Å². The van der Waals surface area contributed by atoms with Crippen molar-refractivity contribution in [3.05, 3.63) is 71.3 Å². The van der Waals surface area contributed by atoms with Crippen LogP contribution < -0.4 is 0 Å². The van der Waals surface area contributed by atoms with Crippen LogP contribution in [0.5, 0.6) is 0 Å². The molecule has 1 saturated carbocycles. The Balaban J connectivity index is 1.53. The van der Waals surface area contributed by atoms with E-state index in [1.54, 1.807) is 24.3 Å². The fourth-order valence-corrected chi connectivity index (χ4v) is 2.95. The van der Waals surface area contributed by atoms with E-state index >= 15 is 0 Å². The van der Waals surface area contributed by atoms with E-state index in [2.05, 4.69) is 0 Å². The number of carbonyl (C=O) groups excluding carboxylic acids is 2. The van der Waals surface area contributed by atoms with Gasteiger partial charge >= 0.3 is 11.9 Å². The third-order valence-electron chi connectivity index (χ3n) is 4.39. The lowest BCUT2D eigenvalue weighted by Gasteiger charge is -2.21. The minimum absolute atomic E-state index is 0.0248. The highest BCUT2D eigenvalue weighted by molar-refractivity contribution is 5.93. The highest BCUT2D eigenvalue weighted by atomic mass is 16.5. The van der Waals surface area contributed by atoms with Gasteiger partial charge in [0.05, 0.1) is 11.1 Å². The fourth-order valence-electron chi connectivity index (χ4n) is 2.95. The van der Waals surface area contributed by atoms with Crippen molar-refractivity contribution < 1.29 is 19.1 Å². The van der Waals surface area contributed by atoms with E-state index in [9.17, 15) is 9.59 Å². The monoisotopic (exact) mass is 338 g/mol. The number of hydrogen-bond donors (Lipinski definition) is 0. The molecule has 0 heterocycles. The summed E-state index contributed by atoms with van der Waals surface area (Å²) in [7, 11) is 0. The Morgan fingerprint density at radius 3 is 2.04 bits per heavy atom. The molecule has 1 fully saturated rings. The van der Waals surface area contributed by atoms with Crippen LogP contribution in [0.2, 0.25) is 0 Å². The maximum atomic E-state index is 12.2. The molecule has 0 aromatic heterocycles. The Morgan fingerprint density at radius 1 is 0.800 bits per heavy atom. The summed E-state index contributed by atoms with van der Waals surface area (Å²) in [6.07, 6.45) is 5.35. The standard InChI is InChI=1S/C21H22O4/c22-20(24-15-16-7-3-1-4-8-16)17-11-13-18(14-12-17)21(23)25-19-9-5-2-6-10-19/h1,3-4,7-8,11-14,19H,2,5-6,9-10,15H2. The third-order valence-corrected chi connectivity index (χ3v) is 4.39. The summed E-state index contributed by atoms with van der Waals surface area (Å²) < 4.78 is 10.8. The molecule has 4 nitrogen and oxygen atoms in total. The van der Waals surface area contributed by atoms with Gasteiger partial charge in [-0.05, 0) is 55.5 Å². The number of ether oxygens (including phenoxy) is 2. The first kappa shape index (κ1) is 17.2. The van der Waals surface area contributed by atoms with Crippen molar-refractivity contribution in [1.82, 2.24) is 0 Å². The number of rotatable bonds is 5. The summed E-state index contributed by atoms with van der Waals surface area (Å²) in [6, 6.07) is 15.9. The largest absolute Gasteiger partial charge is 0.459 e. The van der Waals surface area contributed by atoms with E-state index < -0.39 is 5.97 Å². The van der Waals surface area contributed by atoms with Crippen molar-refractivity contribution in [3.63, 3.8) is 0 Å². The van der Waals surface area contributed by atoms with Crippen LogP contribution in [0.1, 0.15) is 58.4 Å². The molecule has 2 aromatic carbocycles. The summed E-state index contributed by atoms with van der Waals surface area (Å²) in [6.45, 7) is 0.227. The fraction of sp³-hybridized carbons (Fsp3) is 0.333.